The summed E-state index contributed by atoms with van der Waals surface area (Å²) in [6.07, 6.45) is 0. The zero-order chi connectivity index (χ0) is 25.1. The molecule has 37 heavy (non-hydrogen) atoms. The van der Waals surface area contributed by atoms with E-state index >= 15 is 0 Å². The molecule has 2 heteroatoms. The van der Waals surface area contributed by atoms with Crippen LogP contribution in [-0.4, -0.2) is 0 Å². The Morgan fingerprint density at radius 3 is 1.59 bits per heavy atom. The average molecular weight is 478 g/mol. The van der Waals surface area contributed by atoms with E-state index in [1.165, 1.54) is 49.4 Å². The van der Waals surface area contributed by atoms with Crippen LogP contribution in [0.3, 0.4) is 0 Å². The quantitative estimate of drug-likeness (QED) is 0.199. The van der Waals surface area contributed by atoms with Gasteiger partial charge in [0, 0.05) is 22.2 Å². The Bertz CT molecular complexity index is 1780. The Morgan fingerprint density at radius 2 is 1.00 bits per heavy atom. The number of nitrogens with two attached hydrogens (primary N) is 1. The van der Waals surface area contributed by atoms with E-state index in [0.29, 0.717) is 0 Å². The summed E-state index contributed by atoms with van der Waals surface area (Å²) in [6, 6.07) is 40.8. The monoisotopic (exact) mass is 477 g/mol. The minimum atomic E-state index is -0.246. The molecule has 178 valence electrons. The molecular weight excluding hydrogens is 450 g/mol. The summed E-state index contributed by atoms with van der Waals surface area (Å²) in [4.78, 5) is 0. The normalized spacial score (nSPS) is 13.7. The number of hydrogen-bond donors (Lipinski definition) is 1. The fourth-order valence-electron chi connectivity index (χ4n) is 6.01. The van der Waals surface area contributed by atoms with E-state index in [1.54, 1.807) is 0 Å². The van der Waals surface area contributed by atoms with E-state index in [1.807, 2.05) is 18.2 Å². The molecular formula is C35H27NO. The third-order valence-electron chi connectivity index (χ3n) is 7.83. The summed E-state index contributed by atoms with van der Waals surface area (Å²) in [6.45, 7) is 4.51. The van der Waals surface area contributed by atoms with Gasteiger partial charge in [0.05, 0.1) is 0 Å². The van der Waals surface area contributed by atoms with Crippen LogP contribution in [0, 0.1) is 0 Å². The van der Waals surface area contributed by atoms with E-state index in [2.05, 4.69) is 111 Å². The van der Waals surface area contributed by atoms with Gasteiger partial charge in [-0.25, -0.2) is 0 Å². The molecule has 7 rings (SSSR count). The van der Waals surface area contributed by atoms with Gasteiger partial charge < -0.3 is 10.5 Å². The second-order valence-corrected chi connectivity index (χ2v) is 10.4. The second-order valence-electron chi connectivity index (χ2n) is 10.4. The van der Waals surface area contributed by atoms with Gasteiger partial charge in [0.1, 0.15) is 11.5 Å². The molecule has 0 atom stereocenters. The van der Waals surface area contributed by atoms with Crippen LogP contribution < -0.4 is 10.5 Å². The van der Waals surface area contributed by atoms with Gasteiger partial charge in [-0.05, 0) is 74.1 Å². The smallest absolute Gasteiger partial charge is 0.131 e. The number of hydrogen-bond acceptors (Lipinski definition) is 2. The lowest BCUT2D eigenvalue weighted by Gasteiger charge is -2.35. The molecule has 1 heterocycles. The first-order valence-corrected chi connectivity index (χ1v) is 12.7. The number of ether oxygens (including phenoxy) is 1. The summed E-state index contributed by atoms with van der Waals surface area (Å²) in [5, 5.41) is 5.01. The van der Waals surface area contributed by atoms with Crippen LogP contribution in [0.15, 0.2) is 115 Å². The van der Waals surface area contributed by atoms with Crippen molar-refractivity contribution in [2.45, 2.75) is 19.3 Å². The van der Waals surface area contributed by atoms with Crippen molar-refractivity contribution in [1.82, 2.24) is 0 Å². The van der Waals surface area contributed by atoms with Crippen molar-refractivity contribution in [3.8, 4) is 33.8 Å². The summed E-state index contributed by atoms with van der Waals surface area (Å²) < 4.78 is 6.36. The first-order valence-electron chi connectivity index (χ1n) is 12.7. The Kier molecular flexibility index (Phi) is 4.68. The van der Waals surface area contributed by atoms with Crippen molar-refractivity contribution in [1.29, 1.82) is 0 Å². The lowest BCUT2D eigenvalue weighted by molar-refractivity contribution is 0.418. The van der Waals surface area contributed by atoms with Gasteiger partial charge in [0.2, 0.25) is 0 Å². The average Bonchev–Trinajstić information content (AvgIpc) is 2.93. The molecule has 0 bridgehead atoms. The Hall–Kier alpha value is -4.56. The van der Waals surface area contributed by atoms with Crippen molar-refractivity contribution >= 4 is 27.2 Å². The number of benzene rings is 6. The maximum atomic E-state index is 6.36. The molecule has 0 radical (unpaired) electrons. The van der Waals surface area contributed by atoms with Gasteiger partial charge in [-0.15, -0.1) is 0 Å². The summed E-state index contributed by atoms with van der Waals surface area (Å²) in [5.41, 5.74) is 13.9. The van der Waals surface area contributed by atoms with E-state index in [-0.39, 0.29) is 5.41 Å². The van der Waals surface area contributed by atoms with Crippen LogP contribution >= 0.6 is 0 Å². The molecule has 6 aromatic carbocycles. The SMILES string of the molecule is CC1(C)c2cc(N)ccc2Oc2ccc(-c3c4ccccc4c(-c4ccccc4)c4ccccc34)cc21. The van der Waals surface area contributed by atoms with Gasteiger partial charge >= 0.3 is 0 Å². The lowest BCUT2D eigenvalue weighted by Crippen LogP contribution is -2.24. The highest BCUT2D eigenvalue weighted by Gasteiger charge is 2.35. The fraction of sp³-hybridized carbons (Fsp3) is 0.0857. The van der Waals surface area contributed by atoms with E-state index in [0.717, 1.165) is 22.7 Å². The van der Waals surface area contributed by atoms with Crippen molar-refractivity contribution in [2.75, 3.05) is 5.73 Å². The largest absolute Gasteiger partial charge is 0.457 e. The lowest BCUT2D eigenvalue weighted by atomic mass is 9.74. The van der Waals surface area contributed by atoms with Crippen LogP contribution in [-0.2, 0) is 5.41 Å². The van der Waals surface area contributed by atoms with Gasteiger partial charge in [-0.2, -0.15) is 0 Å². The van der Waals surface area contributed by atoms with Crippen LogP contribution in [0.1, 0.15) is 25.0 Å². The number of nitrogen functional groups attached to an aromatic ring is 1. The van der Waals surface area contributed by atoms with Crippen LogP contribution in [0.25, 0.3) is 43.8 Å². The molecule has 0 aromatic heterocycles. The van der Waals surface area contributed by atoms with E-state index < -0.39 is 0 Å². The molecule has 1 aliphatic rings. The minimum absolute atomic E-state index is 0.246. The standard InChI is InChI=1S/C35H27NO/c1-35(2)29-20-23(16-18-31(29)37-32-19-17-24(36)21-30(32)35)34-27-14-8-6-12-25(27)33(22-10-4-3-5-11-22)26-13-7-9-15-28(26)34/h3-21H,36H2,1-2H3. The highest BCUT2D eigenvalue weighted by molar-refractivity contribution is 6.21. The number of fused-ring (bicyclic) bond motifs is 4. The van der Waals surface area contributed by atoms with E-state index in [9.17, 15) is 0 Å². The third kappa shape index (κ3) is 3.26. The molecule has 0 aliphatic carbocycles. The van der Waals surface area contributed by atoms with Crippen molar-refractivity contribution in [3.05, 3.63) is 126 Å². The van der Waals surface area contributed by atoms with Crippen molar-refractivity contribution in [2.24, 2.45) is 0 Å². The molecule has 0 amide bonds. The predicted octanol–water partition coefficient (Wildman–Crippen LogP) is 9.34. The number of anilines is 1. The summed E-state index contributed by atoms with van der Waals surface area (Å²) in [5.74, 6) is 1.78. The summed E-state index contributed by atoms with van der Waals surface area (Å²) >= 11 is 0. The maximum Gasteiger partial charge on any atom is 0.131 e. The molecule has 0 saturated heterocycles. The van der Waals surface area contributed by atoms with E-state index in [4.69, 9.17) is 10.5 Å². The topological polar surface area (TPSA) is 35.2 Å². The molecule has 2 N–H and O–H groups in total. The highest BCUT2D eigenvalue weighted by atomic mass is 16.5. The first kappa shape index (κ1) is 21.7. The molecule has 0 spiro atoms. The number of rotatable bonds is 2. The second kappa shape index (κ2) is 7.97. The third-order valence-corrected chi connectivity index (χ3v) is 7.83. The predicted molar refractivity (Wildman–Crippen MR) is 155 cm³/mol. The van der Waals surface area contributed by atoms with Gasteiger partial charge in [-0.3, -0.25) is 0 Å². The minimum Gasteiger partial charge on any atom is -0.457 e. The summed E-state index contributed by atoms with van der Waals surface area (Å²) in [7, 11) is 0. The maximum absolute atomic E-state index is 6.36. The molecule has 6 aromatic rings. The zero-order valence-corrected chi connectivity index (χ0v) is 21.0. The van der Waals surface area contributed by atoms with Crippen molar-refractivity contribution in [3.63, 3.8) is 0 Å². The zero-order valence-electron chi connectivity index (χ0n) is 21.0. The van der Waals surface area contributed by atoms with Gasteiger partial charge in [0.25, 0.3) is 0 Å². The Labute approximate surface area is 217 Å². The van der Waals surface area contributed by atoms with Crippen LogP contribution in [0.2, 0.25) is 0 Å². The first-order chi connectivity index (χ1) is 18.0. The van der Waals surface area contributed by atoms with Crippen LogP contribution in [0.5, 0.6) is 11.5 Å². The Morgan fingerprint density at radius 1 is 0.514 bits per heavy atom. The molecule has 0 unspecified atom stereocenters. The molecule has 2 nitrogen and oxygen atoms in total. The highest BCUT2D eigenvalue weighted by Crippen LogP contribution is 2.51. The Balaban J connectivity index is 1.53. The molecule has 0 fully saturated rings. The van der Waals surface area contributed by atoms with Gasteiger partial charge in [-0.1, -0.05) is 98.8 Å². The molecule has 0 saturated carbocycles. The van der Waals surface area contributed by atoms with Crippen LogP contribution in [0.4, 0.5) is 5.69 Å². The molecule has 1 aliphatic heterocycles. The van der Waals surface area contributed by atoms with Crippen molar-refractivity contribution < 1.29 is 4.74 Å². The fourth-order valence-corrected chi connectivity index (χ4v) is 6.01. The van der Waals surface area contributed by atoms with Gasteiger partial charge in [0.15, 0.2) is 0 Å².